The van der Waals surface area contributed by atoms with Crippen molar-refractivity contribution in [3.63, 3.8) is 0 Å². The van der Waals surface area contributed by atoms with Crippen LogP contribution in [-0.2, 0) is 0 Å². The number of nitrogens with one attached hydrogen (secondary N) is 1. The molecule has 6 heteroatoms. The summed E-state index contributed by atoms with van der Waals surface area (Å²) in [4.78, 5) is 17.0. The van der Waals surface area contributed by atoms with Crippen molar-refractivity contribution < 1.29 is 14.3 Å². The van der Waals surface area contributed by atoms with Crippen molar-refractivity contribution in [2.24, 2.45) is 0 Å². The van der Waals surface area contributed by atoms with E-state index in [0.717, 1.165) is 19.6 Å². The topological polar surface area (TPSA) is 54.0 Å². The summed E-state index contributed by atoms with van der Waals surface area (Å²) in [6, 6.07) is 5.53. The van der Waals surface area contributed by atoms with Crippen LogP contribution in [-0.4, -0.2) is 76.2 Å². The third-order valence-electron chi connectivity index (χ3n) is 4.13. The van der Waals surface area contributed by atoms with Crippen LogP contribution in [0.3, 0.4) is 0 Å². The zero-order valence-electron chi connectivity index (χ0n) is 13.8. The highest BCUT2D eigenvalue weighted by Crippen LogP contribution is 2.24. The number of amides is 1. The lowest BCUT2D eigenvalue weighted by molar-refractivity contribution is 0.0878. The van der Waals surface area contributed by atoms with Crippen molar-refractivity contribution in [1.29, 1.82) is 0 Å². The summed E-state index contributed by atoms with van der Waals surface area (Å²) in [5, 5.41) is 3.00. The minimum Gasteiger partial charge on any atom is -0.497 e. The number of hydrogen-bond donors (Lipinski definition) is 1. The van der Waals surface area contributed by atoms with Gasteiger partial charge in [0.2, 0.25) is 0 Å². The molecule has 1 amide bonds. The fourth-order valence-electron chi connectivity index (χ4n) is 2.61. The average Bonchev–Trinajstić information content (AvgIpc) is 2.54. The van der Waals surface area contributed by atoms with Crippen LogP contribution in [0.25, 0.3) is 0 Å². The first-order valence-corrected chi connectivity index (χ1v) is 7.44. The van der Waals surface area contributed by atoms with E-state index in [0.29, 0.717) is 29.6 Å². The molecule has 1 aromatic carbocycles. The number of benzene rings is 1. The third kappa shape index (κ3) is 3.90. The molecule has 1 aliphatic rings. The van der Waals surface area contributed by atoms with Gasteiger partial charge in [-0.25, -0.2) is 0 Å². The maximum absolute atomic E-state index is 12.4. The molecule has 1 aliphatic heterocycles. The number of piperazine rings is 1. The van der Waals surface area contributed by atoms with Crippen molar-refractivity contribution in [3.05, 3.63) is 23.8 Å². The molecule has 1 heterocycles. The molecule has 1 fully saturated rings. The summed E-state index contributed by atoms with van der Waals surface area (Å²) in [6.45, 7) is 3.65. The maximum atomic E-state index is 12.4. The Labute approximate surface area is 132 Å². The van der Waals surface area contributed by atoms with Gasteiger partial charge in [-0.3, -0.25) is 9.69 Å². The van der Waals surface area contributed by atoms with Gasteiger partial charge in [0.25, 0.3) is 5.91 Å². The molecule has 1 N–H and O–H groups in total. The average molecular weight is 307 g/mol. The molecule has 0 spiro atoms. The standard InChI is InChI=1S/C16H25N3O3/c1-18-7-8-19(2)12(11-18)10-17-16(20)14-6-5-13(21-3)9-15(14)22-4/h5-6,9,12H,7-8,10-11H2,1-4H3,(H,17,20). The Balaban J connectivity index is 2.00. The van der Waals surface area contributed by atoms with E-state index >= 15 is 0 Å². The van der Waals surface area contributed by atoms with Crippen LogP contribution in [0, 0.1) is 0 Å². The molecule has 0 aromatic heterocycles. The summed E-state index contributed by atoms with van der Waals surface area (Å²) >= 11 is 0. The minimum absolute atomic E-state index is 0.124. The molecule has 0 radical (unpaired) electrons. The molecule has 1 aromatic rings. The summed E-state index contributed by atoms with van der Waals surface area (Å²) in [5.74, 6) is 1.06. The fourth-order valence-corrected chi connectivity index (χ4v) is 2.61. The highest BCUT2D eigenvalue weighted by atomic mass is 16.5. The van der Waals surface area contributed by atoms with Crippen LogP contribution in [0.15, 0.2) is 18.2 Å². The van der Waals surface area contributed by atoms with E-state index < -0.39 is 0 Å². The second kappa shape index (κ2) is 7.47. The first-order chi connectivity index (χ1) is 10.5. The Morgan fingerprint density at radius 1 is 1.27 bits per heavy atom. The quantitative estimate of drug-likeness (QED) is 0.867. The van der Waals surface area contributed by atoms with Crippen LogP contribution in [0.2, 0.25) is 0 Å². The number of carbonyl (C=O) groups is 1. The number of methoxy groups -OCH3 is 2. The minimum atomic E-state index is -0.124. The normalized spacial score (nSPS) is 19.7. The summed E-state index contributed by atoms with van der Waals surface area (Å²) in [5.41, 5.74) is 0.523. The molecule has 0 saturated carbocycles. The van der Waals surface area contributed by atoms with Crippen molar-refractivity contribution >= 4 is 5.91 Å². The van der Waals surface area contributed by atoms with Gasteiger partial charge in [0.15, 0.2) is 0 Å². The van der Waals surface area contributed by atoms with Gasteiger partial charge >= 0.3 is 0 Å². The van der Waals surface area contributed by atoms with E-state index in [-0.39, 0.29) is 5.91 Å². The van der Waals surface area contributed by atoms with E-state index in [1.165, 1.54) is 0 Å². The van der Waals surface area contributed by atoms with Gasteiger partial charge < -0.3 is 19.7 Å². The molecule has 122 valence electrons. The highest BCUT2D eigenvalue weighted by molar-refractivity contribution is 5.97. The fraction of sp³-hybridized carbons (Fsp3) is 0.562. The van der Waals surface area contributed by atoms with Gasteiger partial charge in [0.05, 0.1) is 19.8 Å². The Hall–Kier alpha value is -1.79. The lowest BCUT2D eigenvalue weighted by atomic mass is 10.1. The maximum Gasteiger partial charge on any atom is 0.255 e. The monoisotopic (exact) mass is 307 g/mol. The number of rotatable bonds is 5. The molecular formula is C16H25N3O3. The van der Waals surface area contributed by atoms with E-state index in [4.69, 9.17) is 9.47 Å². The van der Waals surface area contributed by atoms with Gasteiger partial charge in [-0.2, -0.15) is 0 Å². The first kappa shape index (κ1) is 16.6. The number of ether oxygens (including phenoxy) is 2. The first-order valence-electron chi connectivity index (χ1n) is 7.44. The van der Waals surface area contributed by atoms with Gasteiger partial charge in [-0.15, -0.1) is 0 Å². The van der Waals surface area contributed by atoms with Crippen LogP contribution in [0.4, 0.5) is 0 Å². The number of carbonyl (C=O) groups excluding carboxylic acids is 1. The molecule has 0 bridgehead atoms. The van der Waals surface area contributed by atoms with Gasteiger partial charge in [-0.1, -0.05) is 0 Å². The molecule has 6 nitrogen and oxygen atoms in total. The van der Waals surface area contributed by atoms with Gasteiger partial charge in [0.1, 0.15) is 11.5 Å². The van der Waals surface area contributed by atoms with Crippen molar-refractivity contribution in [3.8, 4) is 11.5 Å². The second-order valence-electron chi connectivity index (χ2n) is 5.67. The van der Waals surface area contributed by atoms with E-state index in [9.17, 15) is 4.79 Å². The number of nitrogens with zero attached hydrogens (tertiary/aromatic N) is 2. The van der Waals surface area contributed by atoms with Crippen LogP contribution < -0.4 is 14.8 Å². The Kier molecular flexibility index (Phi) is 5.63. The van der Waals surface area contributed by atoms with Crippen molar-refractivity contribution in [2.45, 2.75) is 6.04 Å². The largest absolute Gasteiger partial charge is 0.497 e. The van der Waals surface area contributed by atoms with E-state index in [1.807, 2.05) is 0 Å². The second-order valence-corrected chi connectivity index (χ2v) is 5.67. The highest BCUT2D eigenvalue weighted by Gasteiger charge is 2.23. The zero-order chi connectivity index (χ0) is 16.1. The van der Waals surface area contributed by atoms with Gasteiger partial charge in [0, 0.05) is 38.3 Å². The summed E-state index contributed by atoms with van der Waals surface area (Å²) in [6.07, 6.45) is 0. The SMILES string of the molecule is COc1ccc(C(=O)NCC2CN(C)CCN2C)c(OC)c1. The number of hydrogen-bond acceptors (Lipinski definition) is 5. The van der Waals surface area contributed by atoms with Gasteiger partial charge in [-0.05, 0) is 26.2 Å². The number of likely N-dealkylation sites (N-methyl/N-ethyl adjacent to an activating group) is 2. The van der Waals surface area contributed by atoms with Crippen molar-refractivity contribution in [1.82, 2.24) is 15.1 Å². The lowest BCUT2D eigenvalue weighted by Gasteiger charge is -2.37. The molecular weight excluding hydrogens is 282 g/mol. The predicted octanol–water partition coefficient (Wildman–Crippen LogP) is 0.679. The predicted molar refractivity (Wildman–Crippen MR) is 85.8 cm³/mol. The summed E-state index contributed by atoms with van der Waals surface area (Å²) in [7, 11) is 7.34. The molecule has 2 rings (SSSR count). The summed E-state index contributed by atoms with van der Waals surface area (Å²) < 4.78 is 10.4. The van der Waals surface area contributed by atoms with Crippen LogP contribution in [0.1, 0.15) is 10.4 Å². The smallest absolute Gasteiger partial charge is 0.255 e. The molecule has 22 heavy (non-hydrogen) atoms. The Morgan fingerprint density at radius 3 is 2.73 bits per heavy atom. The molecule has 1 atom stereocenters. The molecule has 0 aliphatic carbocycles. The zero-order valence-corrected chi connectivity index (χ0v) is 13.8. The molecule has 1 unspecified atom stereocenters. The van der Waals surface area contributed by atoms with Crippen LogP contribution >= 0.6 is 0 Å². The lowest BCUT2D eigenvalue weighted by Crippen LogP contribution is -2.54. The van der Waals surface area contributed by atoms with Crippen LogP contribution in [0.5, 0.6) is 11.5 Å². The third-order valence-corrected chi connectivity index (χ3v) is 4.13. The Morgan fingerprint density at radius 2 is 2.05 bits per heavy atom. The van der Waals surface area contributed by atoms with E-state index in [1.54, 1.807) is 32.4 Å². The van der Waals surface area contributed by atoms with Crippen molar-refractivity contribution in [2.75, 3.05) is 54.5 Å². The Bertz CT molecular complexity index is 521. The van der Waals surface area contributed by atoms with E-state index in [2.05, 4.69) is 29.2 Å². The molecule has 1 saturated heterocycles.